The van der Waals surface area contributed by atoms with E-state index in [-0.39, 0.29) is 7.52 Å². The first-order chi connectivity index (χ1) is 8.16. The molecular weight excluding hydrogens is 266 g/mol. The van der Waals surface area contributed by atoms with Gasteiger partial charge in [0.25, 0.3) is 0 Å². The van der Waals surface area contributed by atoms with Gasteiger partial charge in [0.05, 0.1) is 0 Å². The fraction of sp³-hybridized carbons (Fsp3) is 0.923. The van der Waals surface area contributed by atoms with E-state index in [1.54, 1.807) is 10.8 Å². The third-order valence-electron chi connectivity index (χ3n) is 1.99. The molecule has 0 saturated heterocycles. The van der Waals surface area contributed by atoms with E-state index in [2.05, 4.69) is 26.1 Å². The van der Waals surface area contributed by atoms with E-state index in [1.807, 2.05) is 31.6 Å². The third kappa shape index (κ3) is 11.1. The number of hydrogen-bond acceptors (Lipinski definition) is 4. The molecule has 110 valence electrons. The Balaban J connectivity index is 0. The quantitative estimate of drug-likeness (QED) is 0.545. The predicted molar refractivity (Wildman–Crippen MR) is 85.4 cm³/mol. The molecule has 0 aliphatic heterocycles. The van der Waals surface area contributed by atoms with E-state index in [9.17, 15) is 4.79 Å². The molecule has 1 amide bonds. The Kier molecular flexibility index (Phi) is 8.19. The largest absolute Gasteiger partial charge is 0.444 e. The normalized spacial score (nSPS) is 12.3. The van der Waals surface area contributed by atoms with E-state index in [0.29, 0.717) is 11.3 Å². The Morgan fingerprint density at radius 3 is 2.39 bits per heavy atom. The Hall–Kier alpha value is -0.0300. The van der Waals surface area contributed by atoms with E-state index in [4.69, 9.17) is 4.74 Å². The summed E-state index contributed by atoms with van der Waals surface area (Å²) in [7, 11) is 3.70. The molecule has 0 aromatic rings. The fourth-order valence-corrected chi connectivity index (χ4v) is 3.94. The lowest BCUT2D eigenvalue weighted by Crippen LogP contribution is -2.33. The lowest BCUT2D eigenvalue weighted by Gasteiger charge is -2.22. The van der Waals surface area contributed by atoms with Crippen molar-refractivity contribution in [2.24, 2.45) is 0 Å². The summed E-state index contributed by atoms with van der Waals surface area (Å²) in [6.45, 7) is 13.0. The summed E-state index contributed by atoms with van der Waals surface area (Å²) < 4.78 is 5.47. The first kappa shape index (κ1) is 18.0. The molecule has 0 fully saturated rings. The molecule has 0 aromatic heterocycles. The van der Waals surface area contributed by atoms with Crippen molar-refractivity contribution in [3.63, 3.8) is 0 Å². The molecule has 0 radical (unpaired) electrons. The highest BCUT2D eigenvalue weighted by Crippen LogP contribution is 2.38. The number of hydrogen-bond donors (Lipinski definition) is 1. The van der Waals surface area contributed by atoms with E-state index < -0.39 is 5.60 Å². The number of carbonyl (C=O) groups is 1. The number of amides is 1. The zero-order chi connectivity index (χ0) is 14.2. The first-order valence-corrected chi connectivity index (χ1v) is 8.75. The molecule has 18 heavy (non-hydrogen) atoms. The molecular formula is C13H29NO2S2. The number of carbonyl (C=O) groups excluding carboxylic acids is 1. The minimum atomic E-state index is -0.422. The number of nitrogens with one attached hydrogen (secondary N) is 1. The number of ether oxygens (including phenoxy) is 1. The Bertz CT molecular complexity index is 256. The highest BCUT2D eigenvalue weighted by atomic mass is 33.1. The molecule has 0 saturated carbocycles. The van der Waals surface area contributed by atoms with Gasteiger partial charge in [0.2, 0.25) is 0 Å². The molecule has 0 aromatic carbocycles. The van der Waals surface area contributed by atoms with Crippen LogP contribution in [0.25, 0.3) is 0 Å². The predicted octanol–water partition coefficient (Wildman–Crippen LogP) is 4.72. The van der Waals surface area contributed by atoms with Crippen molar-refractivity contribution in [2.45, 2.75) is 64.7 Å². The van der Waals surface area contributed by atoms with Crippen LogP contribution in [0, 0.1) is 0 Å². The second-order valence-corrected chi connectivity index (χ2v) is 8.97. The van der Waals surface area contributed by atoms with Gasteiger partial charge in [-0.3, -0.25) is 0 Å². The molecule has 0 atom stereocenters. The Labute approximate surface area is 121 Å². The average Bonchev–Trinajstić information content (AvgIpc) is 2.13. The van der Waals surface area contributed by atoms with Gasteiger partial charge in [-0.2, -0.15) is 0 Å². The monoisotopic (exact) mass is 295 g/mol. The van der Waals surface area contributed by atoms with Gasteiger partial charge >= 0.3 is 6.09 Å². The van der Waals surface area contributed by atoms with Gasteiger partial charge in [-0.05, 0) is 41.0 Å². The van der Waals surface area contributed by atoms with Crippen LogP contribution in [-0.2, 0) is 4.74 Å². The van der Waals surface area contributed by atoms with Gasteiger partial charge in [-0.1, -0.05) is 34.9 Å². The smallest absolute Gasteiger partial charge is 0.407 e. The van der Waals surface area contributed by atoms with Crippen LogP contribution in [0.5, 0.6) is 0 Å². The van der Waals surface area contributed by atoms with Crippen LogP contribution in [0.4, 0.5) is 4.79 Å². The topological polar surface area (TPSA) is 38.3 Å². The molecule has 0 unspecified atom stereocenters. The zero-order valence-corrected chi connectivity index (χ0v) is 14.1. The van der Waals surface area contributed by atoms with E-state index in [1.165, 1.54) is 12.8 Å². The van der Waals surface area contributed by atoms with Crippen molar-refractivity contribution in [1.82, 2.24) is 5.32 Å². The Morgan fingerprint density at radius 2 is 1.89 bits per heavy atom. The van der Waals surface area contributed by atoms with Crippen molar-refractivity contribution in [3.8, 4) is 0 Å². The molecule has 0 bridgehead atoms. The number of alkyl carbamates (subject to hydrolysis) is 1. The minimum absolute atomic E-state index is 0. The van der Waals surface area contributed by atoms with E-state index >= 15 is 0 Å². The van der Waals surface area contributed by atoms with Gasteiger partial charge in [-0.15, -0.1) is 0 Å². The summed E-state index contributed by atoms with van der Waals surface area (Å²) in [5, 5.41) is 2.76. The maximum Gasteiger partial charge on any atom is 0.407 e. The van der Waals surface area contributed by atoms with Gasteiger partial charge in [0.15, 0.2) is 0 Å². The van der Waals surface area contributed by atoms with Crippen molar-refractivity contribution in [2.75, 3.05) is 12.3 Å². The van der Waals surface area contributed by atoms with Gasteiger partial charge in [0, 0.05) is 18.5 Å². The molecule has 0 aliphatic carbocycles. The summed E-state index contributed by atoms with van der Waals surface area (Å²) in [5.41, 5.74) is -0.422. The van der Waals surface area contributed by atoms with Crippen molar-refractivity contribution >= 4 is 27.7 Å². The average molecular weight is 296 g/mol. The van der Waals surface area contributed by atoms with Gasteiger partial charge < -0.3 is 10.1 Å². The second-order valence-electron chi connectivity index (χ2n) is 5.84. The minimum Gasteiger partial charge on any atom is -0.444 e. The van der Waals surface area contributed by atoms with Crippen LogP contribution in [0.2, 0.25) is 0 Å². The second kappa shape index (κ2) is 8.20. The lowest BCUT2D eigenvalue weighted by atomic mass is 10.1. The van der Waals surface area contributed by atoms with Crippen molar-refractivity contribution in [1.29, 1.82) is 0 Å². The third-order valence-corrected chi connectivity index (χ3v) is 5.34. The van der Waals surface area contributed by atoms with Crippen LogP contribution in [0.1, 0.15) is 55.8 Å². The van der Waals surface area contributed by atoms with Gasteiger partial charge in [-0.25, -0.2) is 4.79 Å². The van der Waals surface area contributed by atoms with Crippen molar-refractivity contribution in [3.05, 3.63) is 0 Å². The molecule has 1 N–H and O–H groups in total. The SMILES string of the molecule is CCCC(C)(C)SSCCNC(=O)OC(C)(C)C.[HH]. The number of rotatable bonds is 7. The summed E-state index contributed by atoms with van der Waals surface area (Å²) in [6.07, 6.45) is 2.09. The van der Waals surface area contributed by atoms with Crippen LogP contribution in [0.3, 0.4) is 0 Å². The Morgan fingerprint density at radius 1 is 1.28 bits per heavy atom. The van der Waals surface area contributed by atoms with Gasteiger partial charge in [0.1, 0.15) is 5.60 Å². The van der Waals surface area contributed by atoms with Crippen molar-refractivity contribution < 1.29 is 11.0 Å². The van der Waals surface area contributed by atoms with Crippen LogP contribution in [-0.4, -0.2) is 28.7 Å². The molecule has 5 heteroatoms. The first-order valence-electron chi connectivity index (χ1n) is 6.44. The van der Waals surface area contributed by atoms with E-state index in [0.717, 1.165) is 5.75 Å². The highest BCUT2D eigenvalue weighted by Gasteiger charge is 2.18. The van der Waals surface area contributed by atoms with Crippen LogP contribution in [0.15, 0.2) is 0 Å². The fourth-order valence-electron chi connectivity index (χ4n) is 1.35. The summed E-state index contributed by atoms with van der Waals surface area (Å²) in [5.74, 6) is 0.900. The molecule has 0 spiro atoms. The maximum absolute atomic E-state index is 11.4. The van der Waals surface area contributed by atoms with Crippen LogP contribution >= 0.6 is 21.6 Å². The highest BCUT2D eigenvalue weighted by molar-refractivity contribution is 8.77. The molecule has 3 nitrogen and oxygen atoms in total. The zero-order valence-electron chi connectivity index (χ0n) is 12.5. The van der Waals surface area contributed by atoms with Crippen LogP contribution < -0.4 is 5.32 Å². The summed E-state index contributed by atoms with van der Waals surface area (Å²) >= 11 is 0. The summed E-state index contributed by atoms with van der Waals surface area (Å²) in [6, 6.07) is 0. The standard InChI is InChI=1S/C13H27NO2S2.H2/c1-7-8-13(5,6)18-17-10-9-14-11(15)16-12(2,3)4;/h7-10H2,1-6H3,(H,14,15);1H. The summed E-state index contributed by atoms with van der Waals surface area (Å²) in [4.78, 5) is 11.4. The molecule has 0 heterocycles. The molecule has 0 rings (SSSR count). The lowest BCUT2D eigenvalue weighted by molar-refractivity contribution is 0.0531. The maximum atomic E-state index is 11.4. The molecule has 0 aliphatic rings.